The highest BCUT2D eigenvalue weighted by molar-refractivity contribution is 8.18. The number of benzene rings is 3. The van der Waals surface area contributed by atoms with Crippen LogP contribution in [0.2, 0.25) is 5.02 Å². The van der Waals surface area contributed by atoms with Crippen molar-refractivity contribution in [2.45, 2.75) is 26.4 Å². The Morgan fingerprint density at radius 1 is 1.00 bits per heavy atom. The minimum absolute atomic E-state index is 0.194. The number of para-hydroxylation sites is 1. The number of likely N-dealkylation sites (tertiary alicyclic amines) is 1. The molecule has 2 aliphatic rings. The maximum atomic E-state index is 12.9. The topological polar surface area (TPSA) is 59.7 Å². The first-order chi connectivity index (χ1) is 19.5. The standard InChI is InChI=1S/C32H29ClN4O2S/c1-22-15-17-36(18-16-22)32-34-31(38)29(40-32)19-25-20-37(26-8-3-2-4-9-26)35-30(25)23-11-13-27(14-12-23)39-21-24-7-5-6-10-28(24)33/h2-14,19-20,22H,15-18,21H2,1H3. The molecule has 1 amide bonds. The number of hydrogen-bond acceptors (Lipinski definition) is 5. The van der Waals surface area contributed by atoms with Gasteiger partial charge < -0.3 is 9.64 Å². The number of hydrogen-bond donors (Lipinski definition) is 0. The molecule has 1 fully saturated rings. The number of nitrogens with zero attached hydrogens (tertiary/aromatic N) is 4. The molecule has 0 spiro atoms. The van der Waals surface area contributed by atoms with E-state index in [0.717, 1.165) is 64.9 Å². The Balaban J connectivity index is 1.26. The van der Waals surface area contributed by atoms with E-state index < -0.39 is 0 Å². The van der Waals surface area contributed by atoms with Crippen molar-refractivity contribution in [2.75, 3.05) is 13.1 Å². The van der Waals surface area contributed by atoms with Crippen molar-refractivity contribution in [3.8, 4) is 22.7 Å². The molecule has 0 bridgehead atoms. The number of piperidine rings is 1. The highest BCUT2D eigenvalue weighted by Gasteiger charge is 2.28. The Morgan fingerprint density at radius 2 is 1.73 bits per heavy atom. The Bertz CT molecular complexity index is 1570. The summed E-state index contributed by atoms with van der Waals surface area (Å²) in [5, 5.41) is 6.41. The monoisotopic (exact) mass is 568 g/mol. The molecule has 0 saturated carbocycles. The number of rotatable bonds is 6. The fourth-order valence-corrected chi connectivity index (χ4v) is 5.94. The number of amidine groups is 1. The predicted octanol–water partition coefficient (Wildman–Crippen LogP) is 7.47. The average Bonchev–Trinajstić information content (AvgIpc) is 3.57. The third kappa shape index (κ3) is 5.86. The molecule has 2 aliphatic heterocycles. The number of amides is 1. The highest BCUT2D eigenvalue weighted by Crippen LogP contribution is 2.35. The van der Waals surface area contributed by atoms with E-state index in [1.54, 1.807) is 0 Å². The predicted molar refractivity (Wildman–Crippen MR) is 163 cm³/mol. The summed E-state index contributed by atoms with van der Waals surface area (Å²) in [4.78, 5) is 20.2. The summed E-state index contributed by atoms with van der Waals surface area (Å²) in [5.41, 5.74) is 4.44. The summed E-state index contributed by atoms with van der Waals surface area (Å²) in [6, 6.07) is 25.5. The van der Waals surface area contributed by atoms with Crippen molar-refractivity contribution in [2.24, 2.45) is 10.9 Å². The first-order valence-electron chi connectivity index (χ1n) is 13.4. The molecular formula is C32H29ClN4O2S. The van der Waals surface area contributed by atoms with E-state index in [0.29, 0.717) is 22.5 Å². The van der Waals surface area contributed by atoms with Crippen LogP contribution in [0.4, 0.5) is 0 Å². The van der Waals surface area contributed by atoms with Gasteiger partial charge >= 0.3 is 0 Å². The number of thioether (sulfide) groups is 1. The van der Waals surface area contributed by atoms with Crippen molar-refractivity contribution < 1.29 is 9.53 Å². The van der Waals surface area contributed by atoms with Crippen LogP contribution in [0.15, 0.2) is 95.0 Å². The van der Waals surface area contributed by atoms with Gasteiger partial charge in [-0.25, -0.2) is 4.68 Å². The lowest BCUT2D eigenvalue weighted by atomic mass is 10.00. The fourth-order valence-electron chi connectivity index (χ4n) is 4.79. The van der Waals surface area contributed by atoms with Gasteiger partial charge in [-0.3, -0.25) is 4.79 Å². The third-order valence-corrected chi connectivity index (χ3v) is 8.61. The highest BCUT2D eigenvalue weighted by atomic mass is 35.5. The molecule has 0 aliphatic carbocycles. The van der Waals surface area contributed by atoms with Gasteiger partial charge in [0.1, 0.15) is 12.4 Å². The molecule has 0 unspecified atom stereocenters. The van der Waals surface area contributed by atoms with Crippen molar-refractivity contribution in [1.82, 2.24) is 14.7 Å². The molecule has 0 radical (unpaired) electrons. The van der Waals surface area contributed by atoms with E-state index in [-0.39, 0.29) is 5.91 Å². The van der Waals surface area contributed by atoms with E-state index in [1.807, 2.05) is 95.8 Å². The first kappa shape index (κ1) is 26.4. The number of carbonyl (C=O) groups is 1. The second kappa shape index (κ2) is 11.7. The van der Waals surface area contributed by atoms with Gasteiger partial charge in [-0.15, -0.1) is 0 Å². The van der Waals surface area contributed by atoms with Crippen molar-refractivity contribution in [3.05, 3.63) is 106 Å². The second-order valence-corrected chi connectivity index (χ2v) is 11.5. The van der Waals surface area contributed by atoms with E-state index in [1.165, 1.54) is 11.8 Å². The Kier molecular flexibility index (Phi) is 7.75. The average molecular weight is 569 g/mol. The van der Waals surface area contributed by atoms with Gasteiger partial charge in [0.05, 0.1) is 16.3 Å². The summed E-state index contributed by atoms with van der Waals surface area (Å²) in [6.45, 7) is 4.54. The minimum atomic E-state index is -0.194. The third-order valence-electron chi connectivity index (χ3n) is 7.19. The quantitative estimate of drug-likeness (QED) is 0.226. The lowest BCUT2D eigenvalue weighted by Crippen LogP contribution is -2.35. The lowest BCUT2D eigenvalue weighted by molar-refractivity contribution is -0.113. The van der Waals surface area contributed by atoms with Gasteiger partial charge in [0.2, 0.25) is 0 Å². The maximum Gasteiger partial charge on any atom is 0.286 e. The Hall–Kier alpha value is -3.81. The van der Waals surface area contributed by atoms with Crippen LogP contribution in [0, 0.1) is 5.92 Å². The van der Waals surface area contributed by atoms with Crippen LogP contribution in [0.5, 0.6) is 5.75 Å². The van der Waals surface area contributed by atoms with Crippen LogP contribution in [0.1, 0.15) is 30.9 Å². The summed E-state index contributed by atoms with van der Waals surface area (Å²) in [5.74, 6) is 1.26. The molecule has 4 aromatic rings. The zero-order valence-corrected chi connectivity index (χ0v) is 23.7. The molecule has 6 rings (SSSR count). The molecule has 3 heterocycles. The zero-order chi connectivity index (χ0) is 27.5. The molecule has 0 N–H and O–H groups in total. The molecule has 6 nitrogen and oxygen atoms in total. The minimum Gasteiger partial charge on any atom is -0.489 e. The van der Waals surface area contributed by atoms with E-state index >= 15 is 0 Å². The number of ether oxygens (including phenoxy) is 1. The summed E-state index contributed by atoms with van der Waals surface area (Å²) >= 11 is 7.73. The Labute approximate surface area is 243 Å². The van der Waals surface area contributed by atoms with E-state index in [9.17, 15) is 4.79 Å². The van der Waals surface area contributed by atoms with Crippen LogP contribution in [-0.2, 0) is 11.4 Å². The lowest BCUT2D eigenvalue weighted by Gasteiger charge is -2.30. The SMILES string of the molecule is CC1CCN(C2=NC(=O)C(=Cc3cn(-c4ccccc4)nc3-c3ccc(OCc4ccccc4Cl)cc3)S2)CC1. The van der Waals surface area contributed by atoms with Crippen LogP contribution in [0.25, 0.3) is 23.0 Å². The van der Waals surface area contributed by atoms with Crippen molar-refractivity contribution in [3.63, 3.8) is 0 Å². The summed E-state index contributed by atoms with van der Waals surface area (Å²) in [6.07, 6.45) is 6.13. The molecule has 1 aromatic heterocycles. The molecular weight excluding hydrogens is 540 g/mol. The molecule has 8 heteroatoms. The largest absolute Gasteiger partial charge is 0.489 e. The van der Waals surface area contributed by atoms with Crippen LogP contribution < -0.4 is 4.74 Å². The number of aromatic nitrogens is 2. The van der Waals surface area contributed by atoms with Crippen LogP contribution in [0.3, 0.4) is 0 Å². The molecule has 40 heavy (non-hydrogen) atoms. The Morgan fingerprint density at radius 3 is 2.48 bits per heavy atom. The number of carbonyl (C=O) groups excluding carboxylic acids is 1. The normalized spacial score (nSPS) is 16.9. The second-order valence-electron chi connectivity index (χ2n) is 10.1. The van der Waals surface area contributed by atoms with Crippen molar-refractivity contribution >= 4 is 40.5 Å². The molecule has 202 valence electrons. The molecule has 3 aromatic carbocycles. The zero-order valence-electron chi connectivity index (χ0n) is 22.2. The molecule has 0 atom stereocenters. The smallest absolute Gasteiger partial charge is 0.286 e. The fraction of sp³-hybridized carbons (Fsp3) is 0.219. The number of halogens is 1. The number of aliphatic imine (C=N–C) groups is 1. The summed E-state index contributed by atoms with van der Waals surface area (Å²) in [7, 11) is 0. The van der Waals surface area contributed by atoms with Gasteiger partial charge in [-0.1, -0.05) is 54.9 Å². The first-order valence-corrected chi connectivity index (χ1v) is 14.6. The van der Waals surface area contributed by atoms with Crippen LogP contribution in [-0.4, -0.2) is 38.8 Å². The van der Waals surface area contributed by atoms with Gasteiger partial charge in [0, 0.05) is 41.0 Å². The van der Waals surface area contributed by atoms with Gasteiger partial charge in [-0.05, 0) is 79.1 Å². The maximum absolute atomic E-state index is 12.9. The van der Waals surface area contributed by atoms with E-state index in [2.05, 4.69) is 16.8 Å². The van der Waals surface area contributed by atoms with Crippen molar-refractivity contribution in [1.29, 1.82) is 0 Å². The van der Waals surface area contributed by atoms with Crippen LogP contribution >= 0.6 is 23.4 Å². The van der Waals surface area contributed by atoms with E-state index in [4.69, 9.17) is 21.4 Å². The van der Waals surface area contributed by atoms with Gasteiger partial charge in [0.15, 0.2) is 5.17 Å². The molecule has 1 saturated heterocycles. The summed E-state index contributed by atoms with van der Waals surface area (Å²) < 4.78 is 7.83. The van der Waals surface area contributed by atoms with Gasteiger partial charge in [0.25, 0.3) is 5.91 Å². The van der Waals surface area contributed by atoms with Gasteiger partial charge in [-0.2, -0.15) is 10.1 Å².